The molecule has 1 N–H and O–H groups in total. The van der Waals surface area contributed by atoms with Crippen LogP contribution in [0.4, 0.5) is 5.69 Å². The fourth-order valence-corrected chi connectivity index (χ4v) is 7.68. The van der Waals surface area contributed by atoms with Gasteiger partial charge in [-0.3, -0.25) is 14.6 Å². The number of esters is 1. The Bertz CT molecular complexity index is 975. The molecule has 5 fully saturated rings. The number of hydrogen-bond donors (Lipinski definition) is 1. The van der Waals surface area contributed by atoms with Crippen LogP contribution in [0, 0.1) is 23.0 Å². The largest absolute Gasteiger partial charge is 0.632 e. The predicted octanol–water partition coefficient (Wildman–Crippen LogP) is 2.15. The molecule has 5 heterocycles. The van der Waals surface area contributed by atoms with E-state index in [-0.39, 0.29) is 29.9 Å². The van der Waals surface area contributed by atoms with Crippen molar-refractivity contribution < 1.29 is 24.1 Å². The highest BCUT2D eigenvalue weighted by molar-refractivity contribution is 6.07. The van der Waals surface area contributed by atoms with E-state index in [1.165, 1.54) is 6.92 Å². The lowest BCUT2D eigenvalue weighted by Gasteiger charge is -2.69. The molecule has 7 nitrogen and oxygen atoms in total. The molecule has 0 aromatic heterocycles. The fraction of sp³-hybridized carbons (Fsp3) is 0.571. The van der Waals surface area contributed by atoms with E-state index in [0.29, 0.717) is 12.8 Å². The Morgan fingerprint density at radius 1 is 1.36 bits per heavy atom. The van der Waals surface area contributed by atoms with Crippen LogP contribution in [0.3, 0.4) is 0 Å². The number of benzene rings is 1. The molecule has 1 spiro atoms. The molecule has 6 aliphatic rings. The van der Waals surface area contributed by atoms with Gasteiger partial charge >= 0.3 is 11.9 Å². The second-order valence-electron chi connectivity index (χ2n) is 9.15. The monoisotopic (exact) mass is 382 g/mol. The molecule has 7 rings (SSSR count). The summed E-state index contributed by atoms with van der Waals surface area (Å²) >= 11 is 0. The molecule has 5 aliphatic heterocycles. The van der Waals surface area contributed by atoms with Crippen molar-refractivity contribution in [2.75, 3.05) is 0 Å². The van der Waals surface area contributed by atoms with Gasteiger partial charge < -0.3 is 19.7 Å². The first-order valence-electron chi connectivity index (χ1n) is 9.99. The summed E-state index contributed by atoms with van der Waals surface area (Å²) in [6.45, 7) is 3.18. The molecular weight excluding hydrogens is 360 g/mol. The van der Waals surface area contributed by atoms with E-state index >= 15 is 0 Å². The van der Waals surface area contributed by atoms with Crippen LogP contribution in [0.1, 0.15) is 32.3 Å². The topological polar surface area (TPSA) is 99.0 Å². The maximum atomic E-state index is 14.3. The highest BCUT2D eigenvalue weighted by Crippen LogP contribution is 2.69. The second kappa shape index (κ2) is 4.83. The van der Waals surface area contributed by atoms with Gasteiger partial charge in [0.25, 0.3) is 0 Å². The van der Waals surface area contributed by atoms with Gasteiger partial charge in [-0.15, -0.1) is 0 Å². The molecule has 146 valence electrons. The third-order valence-electron chi connectivity index (χ3n) is 8.40. The van der Waals surface area contributed by atoms with Crippen molar-refractivity contribution in [2.24, 2.45) is 22.7 Å². The lowest BCUT2D eigenvalue weighted by molar-refractivity contribution is -0.966. The van der Waals surface area contributed by atoms with E-state index in [1.54, 1.807) is 6.92 Å². The van der Waals surface area contributed by atoms with Crippen molar-refractivity contribution in [3.05, 3.63) is 35.0 Å². The van der Waals surface area contributed by atoms with Crippen molar-refractivity contribution in [2.45, 2.75) is 56.3 Å². The van der Waals surface area contributed by atoms with Gasteiger partial charge in [0, 0.05) is 19.8 Å². The number of fused-ring (bicyclic) bond motifs is 2. The molecule has 4 saturated heterocycles. The number of aliphatic carboxylic acids is 1. The first kappa shape index (κ1) is 16.7. The van der Waals surface area contributed by atoms with E-state index in [4.69, 9.17) is 9.73 Å². The molecule has 0 amide bonds. The van der Waals surface area contributed by atoms with Crippen LogP contribution in [-0.4, -0.2) is 51.6 Å². The van der Waals surface area contributed by atoms with E-state index < -0.39 is 34.1 Å². The normalized spacial score (nSPS) is 48.8. The maximum Gasteiger partial charge on any atom is 0.312 e. The van der Waals surface area contributed by atoms with Gasteiger partial charge in [-0.1, -0.05) is 18.2 Å². The highest BCUT2D eigenvalue weighted by atomic mass is 16.6. The van der Waals surface area contributed by atoms with Crippen molar-refractivity contribution in [1.82, 2.24) is 0 Å². The van der Waals surface area contributed by atoms with Crippen LogP contribution >= 0.6 is 0 Å². The Morgan fingerprint density at radius 3 is 2.82 bits per heavy atom. The molecule has 1 aromatic carbocycles. The third kappa shape index (κ3) is 1.53. The van der Waals surface area contributed by atoms with Gasteiger partial charge in [-0.2, -0.15) is 0 Å². The minimum Gasteiger partial charge on any atom is -0.632 e. The number of carbonyl (C=O) groups excluding carboxylic acids is 1. The Kier molecular flexibility index (Phi) is 2.88. The summed E-state index contributed by atoms with van der Waals surface area (Å²) < 4.78 is 5.39. The molecule has 28 heavy (non-hydrogen) atoms. The molecule has 5 bridgehead atoms. The number of nitrogens with zero attached hydrogens (tertiary/aromatic N) is 2. The van der Waals surface area contributed by atoms with Crippen molar-refractivity contribution in [3.63, 3.8) is 0 Å². The van der Waals surface area contributed by atoms with Crippen LogP contribution < -0.4 is 0 Å². The van der Waals surface area contributed by atoms with Crippen molar-refractivity contribution in [1.29, 1.82) is 0 Å². The van der Waals surface area contributed by atoms with Gasteiger partial charge in [0.1, 0.15) is 24.1 Å². The molecule has 7 heteroatoms. The number of hydrogen-bond acceptors (Lipinski definition) is 5. The number of quaternary nitrogens is 1. The minimum absolute atomic E-state index is 0.166. The van der Waals surface area contributed by atoms with Crippen LogP contribution in [0.5, 0.6) is 0 Å². The van der Waals surface area contributed by atoms with E-state index in [2.05, 4.69) is 0 Å². The SMILES string of the molecule is CC(=O)OC1[C@@H]2[C@H]3C[C@H]4C5=Nc6ccccc6[C@]51C[C@@H]2[N+]4([O-])C(C)[C@@H]3C(=O)O. The maximum absolute atomic E-state index is 14.3. The van der Waals surface area contributed by atoms with Crippen molar-refractivity contribution in [3.8, 4) is 0 Å². The van der Waals surface area contributed by atoms with Gasteiger partial charge in [-0.25, -0.2) is 0 Å². The number of hydroxylamine groups is 3. The van der Waals surface area contributed by atoms with Gasteiger partial charge in [-0.05, 0) is 24.5 Å². The first-order chi connectivity index (χ1) is 13.3. The van der Waals surface area contributed by atoms with Gasteiger partial charge in [0.05, 0.1) is 28.8 Å². The summed E-state index contributed by atoms with van der Waals surface area (Å²) in [5.74, 6) is -2.42. The third-order valence-corrected chi connectivity index (χ3v) is 8.40. The van der Waals surface area contributed by atoms with Crippen LogP contribution in [0.15, 0.2) is 29.3 Å². The van der Waals surface area contributed by atoms with Crippen LogP contribution in [0.25, 0.3) is 0 Å². The average Bonchev–Trinajstić information content (AvgIpc) is 3.10. The molecule has 9 atom stereocenters. The number of aliphatic imine (C=N–C) groups is 1. The molecule has 1 saturated carbocycles. The number of piperidine rings is 4. The zero-order chi connectivity index (χ0) is 19.6. The van der Waals surface area contributed by atoms with Gasteiger partial charge in [0.2, 0.25) is 0 Å². The summed E-state index contributed by atoms with van der Waals surface area (Å²) in [7, 11) is 0. The fourth-order valence-electron chi connectivity index (χ4n) is 7.68. The molecule has 3 unspecified atom stereocenters. The molecular formula is C21H22N2O5. The molecule has 0 radical (unpaired) electrons. The number of ether oxygens (including phenoxy) is 1. The second-order valence-corrected chi connectivity index (χ2v) is 9.15. The summed E-state index contributed by atoms with van der Waals surface area (Å²) in [5.41, 5.74) is 2.14. The van der Waals surface area contributed by atoms with E-state index in [0.717, 1.165) is 17.0 Å². The lowest BCUT2D eigenvalue weighted by atomic mass is 9.61. The highest BCUT2D eigenvalue weighted by Gasteiger charge is 2.80. The average molecular weight is 382 g/mol. The van der Waals surface area contributed by atoms with Crippen LogP contribution in [0.2, 0.25) is 0 Å². The summed E-state index contributed by atoms with van der Waals surface area (Å²) in [5, 5.41) is 24.2. The molecule has 1 aliphatic carbocycles. The number of carboxylic acids is 1. The number of carbonyl (C=O) groups is 2. The summed E-state index contributed by atoms with van der Waals surface area (Å²) in [4.78, 5) is 29.1. The Labute approximate surface area is 162 Å². The zero-order valence-corrected chi connectivity index (χ0v) is 15.7. The summed E-state index contributed by atoms with van der Waals surface area (Å²) in [6, 6.07) is 6.75. The summed E-state index contributed by atoms with van der Waals surface area (Å²) in [6.07, 6.45) is 0.576. The Morgan fingerprint density at radius 2 is 2.11 bits per heavy atom. The van der Waals surface area contributed by atoms with Crippen LogP contribution in [-0.2, 0) is 19.7 Å². The quantitative estimate of drug-likeness (QED) is 0.480. The van der Waals surface area contributed by atoms with Crippen molar-refractivity contribution >= 4 is 23.3 Å². The van der Waals surface area contributed by atoms with Gasteiger partial charge in [0.15, 0.2) is 0 Å². The smallest absolute Gasteiger partial charge is 0.312 e. The minimum atomic E-state index is -0.912. The number of para-hydroxylation sites is 1. The standard InChI is InChI=1S/C21H22N2O5/c1-9-16(20(25)26)11-7-14-18-21(12-5-3-4-6-13(12)22-18)8-15(23(9,14)27)17(11)19(21)28-10(2)24/h3-6,9,11,14-17,19H,7-8H2,1-2H3,(H,25,26)/t9?,11-,14-,15-,16-,17+,19?,21+,23?/m0/s1. The lowest BCUT2D eigenvalue weighted by Crippen LogP contribution is -2.78. The Hall–Kier alpha value is -2.25. The molecule has 1 aromatic rings. The number of carboxylic acid groups (broad SMARTS) is 1. The van der Waals surface area contributed by atoms with E-state index in [1.807, 2.05) is 24.3 Å². The Balaban J connectivity index is 1.63. The zero-order valence-electron chi connectivity index (χ0n) is 15.7. The van der Waals surface area contributed by atoms with E-state index in [9.17, 15) is 19.9 Å². The first-order valence-corrected chi connectivity index (χ1v) is 9.99. The predicted molar refractivity (Wildman–Crippen MR) is 98.8 cm³/mol. The number of rotatable bonds is 2.